The number of piperidine rings is 1. The average molecular weight is 435 g/mol. The third kappa shape index (κ3) is 4.32. The molecule has 0 radical (unpaired) electrons. The summed E-state index contributed by atoms with van der Waals surface area (Å²) < 4.78 is 33.1. The fourth-order valence-corrected chi connectivity index (χ4v) is 5.20. The van der Waals surface area contributed by atoms with Crippen LogP contribution in [0.15, 0.2) is 66.9 Å². The van der Waals surface area contributed by atoms with Gasteiger partial charge in [-0.25, -0.2) is 8.78 Å². The van der Waals surface area contributed by atoms with Crippen LogP contribution in [-0.2, 0) is 16.9 Å². The van der Waals surface area contributed by atoms with Crippen molar-refractivity contribution in [3.63, 3.8) is 0 Å². The summed E-state index contributed by atoms with van der Waals surface area (Å²) in [6.07, 6.45) is 5.75. The maximum atomic E-state index is 13.4. The summed E-state index contributed by atoms with van der Waals surface area (Å²) >= 11 is 0. The molecule has 32 heavy (non-hydrogen) atoms. The monoisotopic (exact) mass is 434 g/mol. The number of pyridine rings is 1. The van der Waals surface area contributed by atoms with Gasteiger partial charge in [-0.1, -0.05) is 30.3 Å². The summed E-state index contributed by atoms with van der Waals surface area (Å²) in [5, 5.41) is 0. The van der Waals surface area contributed by atoms with E-state index in [9.17, 15) is 8.78 Å². The van der Waals surface area contributed by atoms with Crippen molar-refractivity contribution in [2.45, 2.75) is 43.8 Å². The van der Waals surface area contributed by atoms with Gasteiger partial charge in [0.05, 0.1) is 12.3 Å². The third-order valence-electron chi connectivity index (χ3n) is 7.00. The minimum atomic E-state index is -0.237. The van der Waals surface area contributed by atoms with Gasteiger partial charge in [0.1, 0.15) is 17.2 Å². The van der Waals surface area contributed by atoms with E-state index < -0.39 is 0 Å². The van der Waals surface area contributed by atoms with E-state index in [-0.39, 0.29) is 23.2 Å². The Morgan fingerprint density at radius 1 is 0.906 bits per heavy atom. The number of halogens is 2. The highest BCUT2D eigenvalue weighted by molar-refractivity contribution is 5.33. The fraction of sp³-hybridized carbons (Fsp3) is 0.370. The molecule has 1 fully saturated rings. The Kier molecular flexibility index (Phi) is 6.03. The van der Waals surface area contributed by atoms with Gasteiger partial charge in [0.2, 0.25) is 0 Å². The molecule has 0 aliphatic carbocycles. The van der Waals surface area contributed by atoms with Crippen LogP contribution < -0.4 is 0 Å². The number of benzene rings is 2. The lowest BCUT2D eigenvalue weighted by Gasteiger charge is -2.38. The number of fused-ring (bicyclic) bond motifs is 2. The van der Waals surface area contributed by atoms with Crippen molar-refractivity contribution in [3.8, 4) is 0 Å². The van der Waals surface area contributed by atoms with Crippen molar-refractivity contribution < 1.29 is 13.5 Å². The molecule has 1 saturated heterocycles. The average Bonchev–Trinajstić information content (AvgIpc) is 3.18. The van der Waals surface area contributed by atoms with E-state index in [1.54, 1.807) is 0 Å². The van der Waals surface area contributed by atoms with Gasteiger partial charge >= 0.3 is 0 Å². The third-order valence-corrected chi connectivity index (χ3v) is 7.00. The molecule has 1 aromatic heterocycles. The van der Waals surface area contributed by atoms with Gasteiger partial charge in [-0.05, 0) is 73.7 Å². The smallest absolute Gasteiger partial charge is 0.123 e. The summed E-state index contributed by atoms with van der Waals surface area (Å²) in [4.78, 5) is 7.13. The van der Waals surface area contributed by atoms with Crippen LogP contribution >= 0.6 is 0 Å². The van der Waals surface area contributed by atoms with E-state index in [2.05, 4.69) is 16.0 Å². The van der Waals surface area contributed by atoms with E-state index in [0.29, 0.717) is 6.61 Å². The number of hydrogen-bond donors (Lipinski definition) is 0. The number of nitrogens with zero attached hydrogens (tertiary/aromatic N) is 2. The molecule has 0 bridgehead atoms. The molecule has 166 valence electrons. The van der Waals surface area contributed by atoms with Gasteiger partial charge in [0.25, 0.3) is 0 Å². The minimum absolute atomic E-state index is 0.126. The standard InChI is InChI=1S/C27H28F2N2O/c28-23-9-5-20(6-10-23)25(21-7-11-24(29)12-8-21)4-2-16-31-17-13-27(14-18-31)26-22(19-32-27)3-1-15-30-26/h1,3,5-12,15,25H,2,4,13-14,16-19H2. The van der Waals surface area contributed by atoms with Crippen LogP contribution in [-0.4, -0.2) is 29.5 Å². The van der Waals surface area contributed by atoms with Crippen molar-refractivity contribution in [1.29, 1.82) is 0 Å². The maximum absolute atomic E-state index is 13.4. The number of hydrogen-bond acceptors (Lipinski definition) is 3. The van der Waals surface area contributed by atoms with Crippen molar-refractivity contribution in [2.75, 3.05) is 19.6 Å². The Morgan fingerprint density at radius 2 is 1.53 bits per heavy atom. The van der Waals surface area contributed by atoms with Crippen LogP contribution in [0.1, 0.15) is 54.0 Å². The second-order valence-corrected chi connectivity index (χ2v) is 8.93. The maximum Gasteiger partial charge on any atom is 0.123 e. The molecule has 3 aromatic rings. The lowest BCUT2D eigenvalue weighted by molar-refractivity contribution is -0.0809. The SMILES string of the molecule is Fc1ccc(C(CCCN2CCC3(CC2)OCc2cccnc23)c2ccc(F)cc2)cc1. The Bertz CT molecular complexity index is 999. The first-order valence-corrected chi connectivity index (χ1v) is 11.4. The Labute approximate surface area is 188 Å². The molecular formula is C27H28F2N2O. The lowest BCUT2D eigenvalue weighted by Crippen LogP contribution is -2.43. The fourth-order valence-electron chi connectivity index (χ4n) is 5.20. The molecule has 3 heterocycles. The first-order chi connectivity index (χ1) is 15.6. The summed E-state index contributed by atoms with van der Waals surface area (Å²) in [6, 6.07) is 17.5. The van der Waals surface area contributed by atoms with Crippen LogP contribution in [0.2, 0.25) is 0 Å². The molecule has 2 aromatic carbocycles. The van der Waals surface area contributed by atoms with Crippen LogP contribution in [0, 0.1) is 11.6 Å². The minimum Gasteiger partial charge on any atom is -0.364 e. The quantitative estimate of drug-likeness (QED) is 0.491. The van der Waals surface area contributed by atoms with Gasteiger partial charge in [0, 0.05) is 30.8 Å². The highest BCUT2D eigenvalue weighted by Gasteiger charge is 2.43. The van der Waals surface area contributed by atoms with Crippen molar-refractivity contribution in [1.82, 2.24) is 9.88 Å². The highest BCUT2D eigenvalue weighted by atomic mass is 19.1. The zero-order valence-corrected chi connectivity index (χ0v) is 18.1. The van der Waals surface area contributed by atoms with Crippen LogP contribution in [0.3, 0.4) is 0 Å². The normalized spacial score (nSPS) is 17.7. The number of ether oxygens (including phenoxy) is 1. The second-order valence-electron chi connectivity index (χ2n) is 8.93. The van der Waals surface area contributed by atoms with Gasteiger partial charge < -0.3 is 9.64 Å². The Balaban J connectivity index is 1.21. The topological polar surface area (TPSA) is 25.4 Å². The van der Waals surface area contributed by atoms with Gasteiger partial charge in [-0.15, -0.1) is 0 Å². The van der Waals surface area contributed by atoms with Crippen molar-refractivity contribution in [2.24, 2.45) is 0 Å². The summed E-state index contributed by atoms with van der Waals surface area (Å²) in [6.45, 7) is 3.66. The van der Waals surface area contributed by atoms with E-state index >= 15 is 0 Å². The molecule has 0 N–H and O–H groups in total. The predicted molar refractivity (Wildman–Crippen MR) is 120 cm³/mol. The molecule has 5 rings (SSSR count). The van der Waals surface area contributed by atoms with Crippen LogP contribution in [0.5, 0.6) is 0 Å². The highest BCUT2D eigenvalue weighted by Crippen LogP contribution is 2.43. The van der Waals surface area contributed by atoms with E-state index in [1.807, 2.05) is 36.5 Å². The largest absolute Gasteiger partial charge is 0.364 e. The van der Waals surface area contributed by atoms with E-state index in [1.165, 1.54) is 29.8 Å². The van der Waals surface area contributed by atoms with Crippen LogP contribution in [0.4, 0.5) is 8.78 Å². The molecule has 0 unspecified atom stereocenters. The summed E-state index contributed by atoms with van der Waals surface area (Å²) in [5.41, 5.74) is 4.28. The van der Waals surface area contributed by atoms with E-state index in [0.717, 1.165) is 62.1 Å². The van der Waals surface area contributed by atoms with Crippen molar-refractivity contribution >= 4 is 0 Å². The first-order valence-electron chi connectivity index (χ1n) is 11.4. The molecule has 0 amide bonds. The number of likely N-dealkylation sites (tertiary alicyclic amines) is 1. The second kappa shape index (κ2) is 9.08. The number of rotatable bonds is 6. The molecule has 2 aliphatic heterocycles. The molecule has 3 nitrogen and oxygen atoms in total. The zero-order valence-electron chi connectivity index (χ0n) is 18.1. The zero-order chi connectivity index (χ0) is 22.0. The Morgan fingerprint density at radius 3 is 2.16 bits per heavy atom. The van der Waals surface area contributed by atoms with Crippen LogP contribution in [0.25, 0.3) is 0 Å². The molecule has 0 saturated carbocycles. The summed E-state index contributed by atoms with van der Waals surface area (Å²) in [5.74, 6) is -0.348. The molecular weight excluding hydrogens is 406 g/mol. The van der Waals surface area contributed by atoms with Gasteiger partial charge in [-0.3, -0.25) is 4.98 Å². The van der Waals surface area contributed by atoms with E-state index in [4.69, 9.17) is 4.74 Å². The molecule has 1 spiro atoms. The van der Waals surface area contributed by atoms with Gasteiger partial charge in [-0.2, -0.15) is 0 Å². The first kappa shape index (κ1) is 21.2. The lowest BCUT2D eigenvalue weighted by atomic mass is 9.86. The molecule has 2 aliphatic rings. The van der Waals surface area contributed by atoms with Crippen molar-refractivity contribution in [3.05, 3.63) is 101 Å². The predicted octanol–water partition coefficient (Wildman–Crippen LogP) is 5.79. The summed E-state index contributed by atoms with van der Waals surface area (Å²) in [7, 11) is 0. The van der Waals surface area contributed by atoms with Gasteiger partial charge in [0.15, 0.2) is 0 Å². The molecule has 5 heteroatoms. The number of aromatic nitrogens is 1. The Hall–Kier alpha value is -2.63. The molecule has 0 atom stereocenters.